The number of carbonyl (C=O) groups is 4. The second-order valence-corrected chi connectivity index (χ2v) is 18.2. The Labute approximate surface area is 292 Å². The van der Waals surface area contributed by atoms with Gasteiger partial charge in [-0.3, -0.25) is 14.4 Å². The number of epoxide rings is 2. The van der Waals surface area contributed by atoms with Gasteiger partial charge in [0.25, 0.3) is 0 Å². The number of aliphatic hydroxyl groups excluding tert-OH is 1. The number of aliphatic hydroxyl groups is 3. The molecule has 0 amide bonds. The van der Waals surface area contributed by atoms with Crippen LogP contribution in [0.4, 0.5) is 0 Å². The van der Waals surface area contributed by atoms with Crippen LogP contribution in [-0.4, -0.2) is 98.9 Å². The maximum Gasteiger partial charge on any atom is 0.341 e. The molecule has 278 valence electrons. The number of hydrogen-bond donors (Lipinski definition) is 3. The summed E-state index contributed by atoms with van der Waals surface area (Å²) >= 11 is 0. The predicted octanol–water partition coefficient (Wildman–Crippen LogP) is 2.04. The summed E-state index contributed by atoms with van der Waals surface area (Å²) in [5.41, 5.74) is -7.05. The van der Waals surface area contributed by atoms with Gasteiger partial charge in [-0.1, -0.05) is 34.6 Å². The van der Waals surface area contributed by atoms with E-state index in [2.05, 4.69) is 0 Å². The third-order valence-electron chi connectivity index (χ3n) is 15.5. The average Bonchev–Trinajstić information content (AvgIpc) is 3.88. The van der Waals surface area contributed by atoms with Gasteiger partial charge in [0.1, 0.15) is 30.5 Å². The van der Waals surface area contributed by atoms with Gasteiger partial charge in [0.05, 0.1) is 23.2 Å². The molecule has 0 radical (unpaired) electrons. The van der Waals surface area contributed by atoms with E-state index in [-0.39, 0.29) is 43.6 Å². The summed E-state index contributed by atoms with van der Waals surface area (Å²) in [6.45, 7) is 15.5. The highest BCUT2D eigenvalue weighted by atomic mass is 16.8. The first kappa shape index (κ1) is 34.7. The summed E-state index contributed by atoms with van der Waals surface area (Å²) in [7, 11) is 0. The molecule has 3 N–H and O–H groups in total. The van der Waals surface area contributed by atoms with E-state index in [1.807, 2.05) is 34.6 Å². The van der Waals surface area contributed by atoms with Crippen molar-refractivity contribution in [3.8, 4) is 0 Å². The van der Waals surface area contributed by atoms with Crippen molar-refractivity contribution < 1.29 is 62.9 Å². The van der Waals surface area contributed by atoms with Crippen LogP contribution in [0.2, 0.25) is 0 Å². The van der Waals surface area contributed by atoms with Gasteiger partial charge in [-0.25, -0.2) is 4.79 Å². The number of carbonyl (C=O) groups excluding carboxylic acids is 4. The number of fused-ring (bicyclic) bond motifs is 9. The number of rotatable bonds is 5. The maximum absolute atomic E-state index is 13.4. The molecule has 19 atom stereocenters. The molecule has 3 saturated heterocycles. The molecule has 0 aromatic heterocycles. The molecule has 0 bridgehead atoms. The second-order valence-electron chi connectivity index (χ2n) is 18.2. The van der Waals surface area contributed by atoms with Crippen LogP contribution in [0.1, 0.15) is 88.0 Å². The third-order valence-corrected chi connectivity index (χ3v) is 15.5. The second kappa shape index (κ2) is 10.2. The Hall–Kier alpha value is -2.32. The highest BCUT2D eigenvalue weighted by Gasteiger charge is 2.93. The van der Waals surface area contributed by atoms with Gasteiger partial charge >= 0.3 is 23.9 Å². The summed E-state index contributed by atoms with van der Waals surface area (Å²) in [6, 6.07) is 0. The van der Waals surface area contributed by atoms with E-state index in [9.17, 15) is 34.5 Å². The molecular formula is C37H52O13. The molecule has 13 nitrogen and oxygen atoms in total. The fraction of sp³-hybridized carbons (Fsp3) is 0.892. The lowest BCUT2D eigenvalue weighted by Gasteiger charge is -2.66. The van der Waals surface area contributed by atoms with Gasteiger partial charge in [0, 0.05) is 55.8 Å². The molecule has 3 aliphatic heterocycles. The van der Waals surface area contributed by atoms with Crippen molar-refractivity contribution in [2.75, 3.05) is 0 Å². The van der Waals surface area contributed by atoms with Crippen molar-refractivity contribution >= 4 is 23.9 Å². The quantitative estimate of drug-likeness (QED) is 0.214. The minimum Gasteiger partial charge on any atom is -0.462 e. The van der Waals surface area contributed by atoms with E-state index < -0.39 is 123 Å². The number of esters is 4. The Kier molecular flexibility index (Phi) is 7.09. The molecule has 8 rings (SSSR count). The van der Waals surface area contributed by atoms with Crippen LogP contribution in [0.15, 0.2) is 0 Å². The topological polar surface area (TPSA) is 191 Å². The highest BCUT2D eigenvalue weighted by molar-refractivity contribution is 5.84. The van der Waals surface area contributed by atoms with Gasteiger partial charge in [-0.2, -0.15) is 0 Å². The summed E-state index contributed by atoms with van der Waals surface area (Å²) in [5.74, 6) is -7.11. The Morgan fingerprint density at radius 2 is 1.62 bits per heavy atom. The van der Waals surface area contributed by atoms with Gasteiger partial charge in [0.2, 0.25) is 5.79 Å². The lowest BCUT2D eigenvalue weighted by atomic mass is 9.41. The highest BCUT2D eigenvalue weighted by Crippen LogP contribution is 2.81. The van der Waals surface area contributed by atoms with E-state index in [0.29, 0.717) is 0 Å². The minimum atomic E-state index is -2.03. The van der Waals surface area contributed by atoms with Gasteiger partial charge in [-0.15, -0.1) is 0 Å². The molecule has 3 heterocycles. The van der Waals surface area contributed by atoms with Gasteiger partial charge in [0.15, 0.2) is 5.60 Å². The molecule has 0 aromatic rings. The normalized spacial score (nSPS) is 57.8. The summed E-state index contributed by atoms with van der Waals surface area (Å²) in [5, 5.41) is 37.0. The van der Waals surface area contributed by atoms with Crippen molar-refractivity contribution in [2.45, 2.75) is 148 Å². The molecule has 1 spiro atoms. The van der Waals surface area contributed by atoms with Crippen molar-refractivity contribution in [3.63, 3.8) is 0 Å². The molecule has 3 unspecified atom stereocenters. The molecule has 5 saturated carbocycles. The largest absolute Gasteiger partial charge is 0.462 e. The van der Waals surface area contributed by atoms with E-state index in [1.54, 1.807) is 6.92 Å². The van der Waals surface area contributed by atoms with Crippen LogP contribution in [0, 0.1) is 57.7 Å². The van der Waals surface area contributed by atoms with E-state index in [1.165, 1.54) is 20.8 Å². The summed E-state index contributed by atoms with van der Waals surface area (Å²) in [4.78, 5) is 52.9. The fourth-order valence-corrected chi connectivity index (χ4v) is 13.3. The molecule has 13 heteroatoms. The maximum atomic E-state index is 13.4. The molecule has 8 fully saturated rings. The first-order valence-corrected chi connectivity index (χ1v) is 18.3. The monoisotopic (exact) mass is 704 g/mol. The molecular weight excluding hydrogens is 652 g/mol. The zero-order valence-electron chi connectivity index (χ0n) is 30.3. The minimum absolute atomic E-state index is 0.0372. The van der Waals surface area contributed by atoms with Crippen molar-refractivity contribution in [1.82, 2.24) is 0 Å². The average molecular weight is 705 g/mol. The molecule has 50 heavy (non-hydrogen) atoms. The van der Waals surface area contributed by atoms with E-state index in [0.717, 1.165) is 0 Å². The first-order valence-electron chi connectivity index (χ1n) is 18.3. The third kappa shape index (κ3) is 3.91. The molecule has 8 aliphatic rings. The Morgan fingerprint density at radius 1 is 0.960 bits per heavy atom. The Balaban J connectivity index is 1.32. The molecule has 0 aromatic carbocycles. The van der Waals surface area contributed by atoms with Crippen LogP contribution in [0.25, 0.3) is 0 Å². The van der Waals surface area contributed by atoms with Crippen LogP contribution in [-0.2, 0) is 47.6 Å². The Bertz CT molecular complexity index is 1540. The van der Waals surface area contributed by atoms with E-state index in [4.69, 9.17) is 28.4 Å². The Morgan fingerprint density at radius 3 is 2.24 bits per heavy atom. The SMILES string of the molecule is CC(=O)O[C@H]1CC2C([C@@H]3[C@@H](OC(C)=O)C4[C@H]([C@H](C)[C@H]5O[C@]56OC(=O)[C@@](C)(O)[C@]46C)[C@@]13C)[C@@H](O)C[C@@]1(O)C[C@@H]3O[C@@H]3[C@H](OC(=O)CC(C)C)[C@]21C. The van der Waals surface area contributed by atoms with Gasteiger partial charge < -0.3 is 43.7 Å². The smallest absolute Gasteiger partial charge is 0.341 e. The van der Waals surface area contributed by atoms with E-state index >= 15 is 0 Å². The number of hydrogen-bond acceptors (Lipinski definition) is 13. The standard InChI is InChI=1S/C37H52O13/c1-14(2)10-22(41)48-30-27-20(47-27)13-36(44)12-19(40)23-18(33(30,36)7)11-21(45-16(4)38)32(6)24-15(3)29-37(49-29)34(8,35(9,43)31(42)50-37)26(24)28(25(23)32)46-17(5)39/h14-15,18-21,23-30,40,43-44H,10-13H2,1-9H3/t15-,18?,19-,20-,21-,23?,24-,25+,26?,27-,28+,29+,30-,32+,33-,34-,35+,36+,37-/m0/s1. The zero-order chi connectivity index (χ0) is 36.5. The lowest BCUT2D eigenvalue weighted by molar-refractivity contribution is -0.285. The fourth-order valence-electron chi connectivity index (χ4n) is 13.3. The lowest BCUT2D eigenvalue weighted by Crippen LogP contribution is -2.73. The van der Waals surface area contributed by atoms with Crippen LogP contribution < -0.4 is 0 Å². The van der Waals surface area contributed by atoms with Crippen LogP contribution in [0.5, 0.6) is 0 Å². The predicted molar refractivity (Wildman–Crippen MR) is 169 cm³/mol. The zero-order valence-corrected chi connectivity index (χ0v) is 30.3. The summed E-state index contributed by atoms with van der Waals surface area (Å²) < 4.78 is 37.1. The van der Waals surface area contributed by atoms with Crippen LogP contribution in [0.3, 0.4) is 0 Å². The first-order chi connectivity index (χ1) is 23.1. The van der Waals surface area contributed by atoms with Crippen molar-refractivity contribution in [3.05, 3.63) is 0 Å². The van der Waals surface area contributed by atoms with Crippen molar-refractivity contribution in [2.24, 2.45) is 57.7 Å². The van der Waals surface area contributed by atoms with Gasteiger partial charge in [-0.05, 0) is 49.9 Å². The van der Waals surface area contributed by atoms with Crippen molar-refractivity contribution in [1.29, 1.82) is 0 Å². The number of ether oxygens (including phenoxy) is 6. The molecule has 5 aliphatic carbocycles. The summed E-state index contributed by atoms with van der Waals surface area (Å²) in [6.07, 6.45) is -4.48. The van der Waals surface area contributed by atoms with Crippen LogP contribution >= 0.6 is 0 Å².